The zero-order valence-corrected chi connectivity index (χ0v) is 15.3. The van der Waals surface area contributed by atoms with Gasteiger partial charge >= 0.3 is 6.09 Å². The van der Waals surface area contributed by atoms with Crippen LogP contribution in [0.15, 0.2) is 16.9 Å². The van der Waals surface area contributed by atoms with Crippen molar-refractivity contribution in [3.63, 3.8) is 0 Å². The third-order valence-corrected chi connectivity index (χ3v) is 6.35. The first-order valence-electron chi connectivity index (χ1n) is 9.39. The number of fused-ring (bicyclic) bond motifs is 2. The molecule has 7 nitrogen and oxygen atoms in total. The van der Waals surface area contributed by atoms with Crippen molar-refractivity contribution in [3.8, 4) is 6.07 Å². The normalized spacial score (nSPS) is 25.5. The molecule has 2 atom stereocenters. The van der Waals surface area contributed by atoms with Gasteiger partial charge in [0.2, 0.25) is 0 Å². The molecule has 0 bridgehead atoms. The number of anilines is 1. The molecular formula is C20H19FN4O3. The highest BCUT2D eigenvalue weighted by Gasteiger charge is 2.61. The molecular weight excluding hydrogens is 363 g/mol. The summed E-state index contributed by atoms with van der Waals surface area (Å²) < 4.78 is 16.8. The average Bonchev–Trinajstić information content (AvgIpc) is 3.53. The van der Waals surface area contributed by atoms with Crippen LogP contribution >= 0.6 is 0 Å². The van der Waals surface area contributed by atoms with Crippen LogP contribution in [0.3, 0.4) is 0 Å². The van der Waals surface area contributed by atoms with Crippen LogP contribution in [0.1, 0.15) is 36.4 Å². The highest BCUT2D eigenvalue weighted by atomic mass is 19.1. The molecule has 144 valence electrons. The first-order valence-corrected chi connectivity index (χ1v) is 9.39. The van der Waals surface area contributed by atoms with E-state index in [2.05, 4.69) is 5.32 Å². The Kier molecular flexibility index (Phi) is 3.33. The van der Waals surface area contributed by atoms with E-state index < -0.39 is 17.4 Å². The first kappa shape index (κ1) is 17.0. The summed E-state index contributed by atoms with van der Waals surface area (Å²) in [5.41, 5.74) is 1.07. The second kappa shape index (κ2) is 5.47. The zero-order chi connectivity index (χ0) is 19.8. The number of nitrogens with zero attached hydrogens (tertiary/aromatic N) is 3. The number of aryl methyl sites for hydroxylation is 1. The largest absolute Gasteiger partial charge is 0.465 e. The van der Waals surface area contributed by atoms with E-state index in [0.29, 0.717) is 35.2 Å². The average molecular weight is 382 g/mol. The van der Waals surface area contributed by atoms with Crippen molar-refractivity contribution in [3.05, 3.63) is 39.4 Å². The van der Waals surface area contributed by atoms with Crippen molar-refractivity contribution in [1.29, 1.82) is 5.26 Å². The van der Waals surface area contributed by atoms with E-state index in [1.54, 1.807) is 11.5 Å². The number of nitrogens with one attached hydrogen (secondary N) is 1. The fraction of sp³-hybridized carbons (Fsp3) is 0.450. The van der Waals surface area contributed by atoms with Gasteiger partial charge in [0.15, 0.2) is 0 Å². The fourth-order valence-corrected chi connectivity index (χ4v) is 4.89. The molecule has 2 aromatic rings. The fourth-order valence-electron chi connectivity index (χ4n) is 4.89. The number of nitriles is 1. The minimum Gasteiger partial charge on any atom is -0.465 e. The Morgan fingerprint density at radius 1 is 1.43 bits per heavy atom. The van der Waals surface area contributed by atoms with Crippen molar-refractivity contribution in [1.82, 2.24) is 9.88 Å². The van der Waals surface area contributed by atoms with Crippen LogP contribution in [-0.4, -0.2) is 34.4 Å². The van der Waals surface area contributed by atoms with E-state index in [1.165, 1.54) is 12.1 Å². The molecule has 0 radical (unpaired) electrons. The van der Waals surface area contributed by atoms with Crippen LogP contribution in [0.4, 0.5) is 14.9 Å². The third-order valence-electron chi connectivity index (χ3n) is 6.35. The molecule has 1 aliphatic heterocycles. The molecule has 1 aromatic carbocycles. The molecule has 2 aliphatic carbocycles. The second-order valence-electron chi connectivity index (χ2n) is 8.21. The molecule has 1 amide bonds. The molecule has 8 heteroatoms. The predicted octanol–water partition coefficient (Wildman–Crippen LogP) is 2.50. The van der Waals surface area contributed by atoms with Crippen molar-refractivity contribution >= 4 is 22.7 Å². The maximum absolute atomic E-state index is 15.2. The maximum atomic E-state index is 15.2. The number of hydrogen-bond donors (Lipinski definition) is 2. The summed E-state index contributed by atoms with van der Waals surface area (Å²) in [4.78, 5) is 25.6. The molecule has 1 saturated heterocycles. The zero-order valence-electron chi connectivity index (χ0n) is 15.3. The number of benzene rings is 1. The Morgan fingerprint density at radius 2 is 2.18 bits per heavy atom. The lowest BCUT2D eigenvalue weighted by atomic mass is 10.0. The summed E-state index contributed by atoms with van der Waals surface area (Å²) in [6, 6.07) is 4.73. The smallest absolute Gasteiger partial charge is 0.405 e. The quantitative estimate of drug-likeness (QED) is 0.850. The first-order chi connectivity index (χ1) is 13.3. The Morgan fingerprint density at radius 3 is 2.82 bits per heavy atom. The SMILES string of the molecule is Cc1c(N2CC3CC3(NC(=O)O)C2)c(F)cc2c(C#N)cc(=O)n(C3CC3)c12. The molecule has 2 unspecified atom stereocenters. The standard InChI is InChI=1S/C20H19FN4O3/c1-10-17-14(11(7-22)4-16(26)25(17)13-2-3-13)5-15(21)18(10)24-8-12-6-20(12,9-24)23-19(27)28/h4-5,12-13,23H,2-3,6,8-9H2,1H3,(H,27,28). The minimum absolute atomic E-state index is 0.0896. The number of rotatable bonds is 3. The lowest BCUT2D eigenvalue weighted by Gasteiger charge is -2.27. The highest BCUT2D eigenvalue weighted by Crippen LogP contribution is 2.51. The number of hydrogen-bond acceptors (Lipinski definition) is 4. The van der Waals surface area contributed by atoms with Gasteiger partial charge in [-0.25, -0.2) is 9.18 Å². The molecule has 2 N–H and O–H groups in total. The number of halogens is 1. The topological polar surface area (TPSA) is 98.4 Å². The third kappa shape index (κ3) is 2.32. The van der Waals surface area contributed by atoms with E-state index >= 15 is 4.39 Å². The molecule has 2 saturated carbocycles. The molecule has 1 aromatic heterocycles. The lowest BCUT2D eigenvalue weighted by Crippen LogP contribution is -2.41. The Balaban J connectivity index is 1.67. The number of pyridine rings is 1. The predicted molar refractivity (Wildman–Crippen MR) is 100 cm³/mol. The number of amides is 1. The van der Waals surface area contributed by atoms with Crippen LogP contribution in [0, 0.1) is 30.0 Å². The molecule has 2 heterocycles. The van der Waals surface area contributed by atoms with Gasteiger partial charge in [0.05, 0.1) is 22.3 Å². The Labute approximate surface area is 160 Å². The van der Waals surface area contributed by atoms with Gasteiger partial charge in [-0.05, 0) is 37.8 Å². The Hall–Kier alpha value is -3.08. The molecule has 3 fully saturated rings. The van der Waals surface area contributed by atoms with Crippen LogP contribution in [0.2, 0.25) is 0 Å². The van der Waals surface area contributed by atoms with E-state index in [9.17, 15) is 14.9 Å². The van der Waals surface area contributed by atoms with E-state index in [1.807, 2.05) is 11.0 Å². The van der Waals surface area contributed by atoms with Crippen molar-refractivity contribution in [2.24, 2.45) is 5.92 Å². The lowest BCUT2D eigenvalue weighted by molar-refractivity contribution is 0.188. The number of carbonyl (C=O) groups is 1. The summed E-state index contributed by atoms with van der Waals surface area (Å²) in [6.45, 7) is 2.75. The number of aromatic nitrogens is 1. The maximum Gasteiger partial charge on any atom is 0.405 e. The van der Waals surface area contributed by atoms with Gasteiger partial charge in [-0.15, -0.1) is 0 Å². The van der Waals surface area contributed by atoms with Crippen molar-refractivity contribution in [2.45, 2.75) is 37.8 Å². The summed E-state index contributed by atoms with van der Waals surface area (Å²) in [5, 5.41) is 21.6. The van der Waals surface area contributed by atoms with Gasteiger partial charge in [0, 0.05) is 36.5 Å². The van der Waals surface area contributed by atoms with E-state index in [4.69, 9.17) is 5.11 Å². The number of carboxylic acid groups (broad SMARTS) is 1. The van der Waals surface area contributed by atoms with Crippen LogP contribution in [0.5, 0.6) is 0 Å². The number of piperidine rings is 1. The summed E-state index contributed by atoms with van der Waals surface area (Å²) >= 11 is 0. The summed E-state index contributed by atoms with van der Waals surface area (Å²) in [5.74, 6) is -0.288. The highest BCUT2D eigenvalue weighted by molar-refractivity contribution is 5.92. The van der Waals surface area contributed by atoms with Gasteiger partial charge in [-0.3, -0.25) is 4.79 Å². The minimum atomic E-state index is -1.07. The molecule has 3 aliphatic rings. The van der Waals surface area contributed by atoms with Crippen molar-refractivity contribution < 1.29 is 14.3 Å². The monoisotopic (exact) mass is 382 g/mol. The molecule has 28 heavy (non-hydrogen) atoms. The molecule has 5 rings (SSSR count). The van der Waals surface area contributed by atoms with Gasteiger partial charge < -0.3 is 19.9 Å². The van der Waals surface area contributed by atoms with Crippen LogP contribution < -0.4 is 15.8 Å². The summed E-state index contributed by atoms with van der Waals surface area (Å²) in [6.07, 6.45) is 1.48. The second-order valence-corrected chi connectivity index (χ2v) is 8.21. The Bertz CT molecular complexity index is 1150. The van der Waals surface area contributed by atoms with Crippen LogP contribution in [0.25, 0.3) is 10.9 Å². The van der Waals surface area contributed by atoms with Gasteiger partial charge in [-0.1, -0.05) is 0 Å². The van der Waals surface area contributed by atoms with Gasteiger partial charge in [0.1, 0.15) is 11.9 Å². The van der Waals surface area contributed by atoms with Crippen molar-refractivity contribution in [2.75, 3.05) is 18.0 Å². The van der Waals surface area contributed by atoms with Gasteiger partial charge in [-0.2, -0.15) is 5.26 Å². The molecule has 0 spiro atoms. The van der Waals surface area contributed by atoms with E-state index in [0.717, 1.165) is 19.3 Å². The van der Waals surface area contributed by atoms with Gasteiger partial charge in [0.25, 0.3) is 5.56 Å². The van der Waals surface area contributed by atoms with Crippen LogP contribution in [-0.2, 0) is 0 Å². The summed E-state index contributed by atoms with van der Waals surface area (Å²) in [7, 11) is 0. The van der Waals surface area contributed by atoms with E-state index in [-0.39, 0.29) is 23.1 Å².